The monoisotopic (exact) mass is 179 g/mol. The van der Waals surface area contributed by atoms with Gasteiger partial charge in [-0.1, -0.05) is 0 Å². The molecular formula is C5H9NO6. The van der Waals surface area contributed by atoms with E-state index in [0.29, 0.717) is 0 Å². The summed E-state index contributed by atoms with van der Waals surface area (Å²) in [5.74, 6) is -6.14. The predicted molar refractivity (Wildman–Crippen MR) is 35.0 cm³/mol. The highest BCUT2D eigenvalue weighted by atomic mass is 16.5. The zero-order valence-electron chi connectivity index (χ0n) is 5.97. The first-order valence-electron chi connectivity index (χ1n) is 2.92. The third-order valence-electron chi connectivity index (χ3n) is 1.18. The molecule has 0 aliphatic carbocycles. The van der Waals surface area contributed by atoms with Crippen LogP contribution in [0.3, 0.4) is 0 Å². The minimum Gasteiger partial charge on any atom is -0.481 e. The van der Waals surface area contributed by atoms with Gasteiger partial charge in [-0.2, -0.15) is 0 Å². The lowest BCUT2D eigenvalue weighted by Crippen LogP contribution is -2.53. The first-order chi connectivity index (χ1) is 5.27. The first-order valence-corrected chi connectivity index (χ1v) is 2.92. The van der Waals surface area contributed by atoms with Gasteiger partial charge in [-0.15, -0.1) is 0 Å². The van der Waals surface area contributed by atoms with Crippen LogP contribution < -0.4 is 5.73 Å². The highest BCUT2D eigenvalue weighted by Gasteiger charge is 2.39. The molecule has 0 fully saturated rings. The molecule has 12 heavy (non-hydrogen) atoms. The van der Waals surface area contributed by atoms with Crippen LogP contribution in [0.4, 0.5) is 0 Å². The number of carbonyl (C=O) groups is 2. The molecule has 6 N–H and O–H groups in total. The maximum absolute atomic E-state index is 10.1. The fraction of sp³-hybridized carbons (Fsp3) is 0.600. The van der Waals surface area contributed by atoms with E-state index in [1.165, 1.54) is 0 Å². The molecule has 0 rings (SSSR count). The van der Waals surface area contributed by atoms with E-state index >= 15 is 0 Å². The smallest absolute Gasteiger partial charge is 0.326 e. The number of hydrogen-bond acceptors (Lipinski definition) is 5. The summed E-state index contributed by atoms with van der Waals surface area (Å²) in [5, 5.41) is 33.9. The average Bonchev–Trinajstić information content (AvgIpc) is 1.82. The standard InChI is InChI=1S/C5H9NO6/c6-3(4(9)10)5(11,12)1-2(7)8/h3,11-12H,1,6H2,(H,7,8)(H,9,10)/t3-/m1/s1. The third kappa shape index (κ3) is 2.82. The van der Waals surface area contributed by atoms with Crippen molar-refractivity contribution in [3.05, 3.63) is 0 Å². The molecule has 0 saturated heterocycles. The van der Waals surface area contributed by atoms with E-state index in [1.807, 2.05) is 0 Å². The van der Waals surface area contributed by atoms with Crippen LogP contribution in [0.5, 0.6) is 0 Å². The van der Waals surface area contributed by atoms with Crippen LogP contribution in [0.2, 0.25) is 0 Å². The van der Waals surface area contributed by atoms with Crippen molar-refractivity contribution in [2.24, 2.45) is 5.73 Å². The first kappa shape index (κ1) is 10.8. The Kier molecular flexibility index (Phi) is 3.14. The molecule has 0 heterocycles. The van der Waals surface area contributed by atoms with Gasteiger partial charge in [-0.25, -0.2) is 0 Å². The van der Waals surface area contributed by atoms with Crippen LogP contribution in [0.25, 0.3) is 0 Å². The summed E-state index contributed by atoms with van der Waals surface area (Å²) in [7, 11) is 0. The summed E-state index contributed by atoms with van der Waals surface area (Å²) in [5.41, 5.74) is 4.78. The maximum atomic E-state index is 10.1. The molecule has 0 spiro atoms. The normalized spacial score (nSPS) is 13.9. The Bertz CT molecular complexity index is 200. The van der Waals surface area contributed by atoms with Gasteiger partial charge < -0.3 is 26.2 Å². The van der Waals surface area contributed by atoms with E-state index in [9.17, 15) is 9.59 Å². The van der Waals surface area contributed by atoms with Gasteiger partial charge in [0, 0.05) is 0 Å². The second-order valence-corrected chi connectivity index (χ2v) is 2.26. The van der Waals surface area contributed by atoms with Gasteiger partial charge in [-0.05, 0) is 0 Å². The Hall–Kier alpha value is -1.18. The van der Waals surface area contributed by atoms with E-state index in [0.717, 1.165) is 0 Å². The van der Waals surface area contributed by atoms with Crippen molar-refractivity contribution in [2.45, 2.75) is 18.2 Å². The van der Waals surface area contributed by atoms with Gasteiger partial charge in [0.15, 0.2) is 11.8 Å². The number of carboxylic acids is 2. The quantitative estimate of drug-likeness (QED) is 0.301. The Morgan fingerprint density at radius 1 is 1.33 bits per heavy atom. The molecule has 0 aromatic heterocycles. The molecule has 0 aromatic rings. The number of hydrogen-bond donors (Lipinski definition) is 5. The van der Waals surface area contributed by atoms with Crippen molar-refractivity contribution in [3.8, 4) is 0 Å². The van der Waals surface area contributed by atoms with Gasteiger partial charge in [0.1, 0.15) is 6.42 Å². The summed E-state index contributed by atoms with van der Waals surface area (Å²) in [6.07, 6.45) is -1.14. The molecule has 1 atom stereocenters. The van der Waals surface area contributed by atoms with Crippen molar-refractivity contribution in [2.75, 3.05) is 0 Å². The van der Waals surface area contributed by atoms with Crippen molar-refractivity contribution < 1.29 is 30.0 Å². The number of carboxylic acid groups (broad SMARTS) is 2. The molecule has 0 radical (unpaired) electrons. The fourth-order valence-electron chi connectivity index (χ4n) is 0.530. The van der Waals surface area contributed by atoms with Crippen molar-refractivity contribution in [1.82, 2.24) is 0 Å². The molecule has 70 valence electrons. The second-order valence-electron chi connectivity index (χ2n) is 2.26. The largest absolute Gasteiger partial charge is 0.481 e. The third-order valence-corrected chi connectivity index (χ3v) is 1.18. The van der Waals surface area contributed by atoms with Crippen LogP contribution in [0.1, 0.15) is 6.42 Å². The molecule has 0 aromatic carbocycles. The van der Waals surface area contributed by atoms with E-state index in [-0.39, 0.29) is 0 Å². The fourth-order valence-corrected chi connectivity index (χ4v) is 0.530. The summed E-state index contributed by atoms with van der Waals surface area (Å²) in [4.78, 5) is 20.1. The van der Waals surface area contributed by atoms with E-state index in [2.05, 4.69) is 0 Å². The summed E-state index contributed by atoms with van der Waals surface area (Å²) in [6.45, 7) is 0. The lowest BCUT2D eigenvalue weighted by molar-refractivity contribution is -0.198. The predicted octanol–water partition coefficient (Wildman–Crippen LogP) is -2.45. The topological polar surface area (TPSA) is 141 Å². The Labute approximate surface area is 67.0 Å². The molecule has 0 aliphatic rings. The summed E-state index contributed by atoms with van der Waals surface area (Å²) >= 11 is 0. The highest BCUT2D eigenvalue weighted by Crippen LogP contribution is 2.09. The van der Waals surface area contributed by atoms with Gasteiger partial charge in [0.25, 0.3) is 0 Å². The minimum atomic E-state index is -2.92. The van der Waals surface area contributed by atoms with Gasteiger partial charge >= 0.3 is 11.9 Å². The van der Waals surface area contributed by atoms with E-state index < -0.39 is 30.2 Å². The molecule has 0 bridgehead atoms. The number of nitrogens with two attached hydrogens (primary N) is 1. The van der Waals surface area contributed by atoms with Crippen LogP contribution in [-0.4, -0.2) is 44.2 Å². The molecule has 0 saturated carbocycles. The summed E-state index contributed by atoms with van der Waals surface area (Å²) < 4.78 is 0. The van der Waals surface area contributed by atoms with Crippen LogP contribution >= 0.6 is 0 Å². The van der Waals surface area contributed by atoms with Crippen molar-refractivity contribution >= 4 is 11.9 Å². The Morgan fingerprint density at radius 3 is 2.00 bits per heavy atom. The van der Waals surface area contributed by atoms with E-state index in [1.54, 1.807) is 0 Å². The van der Waals surface area contributed by atoms with Gasteiger partial charge in [0.2, 0.25) is 0 Å². The van der Waals surface area contributed by atoms with E-state index in [4.69, 9.17) is 26.2 Å². The lowest BCUT2D eigenvalue weighted by Gasteiger charge is -2.23. The van der Waals surface area contributed by atoms with Crippen molar-refractivity contribution in [3.63, 3.8) is 0 Å². The average molecular weight is 179 g/mol. The van der Waals surface area contributed by atoms with Crippen LogP contribution in [0, 0.1) is 0 Å². The van der Waals surface area contributed by atoms with Crippen molar-refractivity contribution in [1.29, 1.82) is 0 Å². The lowest BCUT2D eigenvalue weighted by atomic mass is 10.1. The Balaban J connectivity index is 4.38. The molecule has 0 amide bonds. The molecule has 0 unspecified atom stereocenters. The van der Waals surface area contributed by atoms with Gasteiger partial charge in [-0.3, -0.25) is 9.59 Å². The number of aliphatic carboxylic acids is 2. The summed E-state index contributed by atoms with van der Waals surface area (Å²) in [6, 6.07) is -2.03. The molecular weight excluding hydrogens is 170 g/mol. The zero-order valence-corrected chi connectivity index (χ0v) is 5.97. The number of rotatable bonds is 4. The minimum absolute atomic E-state index is 1.14. The van der Waals surface area contributed by atoms with Crippen LogP contribution in [-0.2, 0) is 9.59 Å². The number of aliphatic hydroxyl groups is 2. The Morgan fingerprint density at radius 2 is 1.75 bits per heavy atom. The maximum Gasteiger partial charge on any atom is 0.326 e. The zero-order chi connectivity index (χ0) is 9.94. The molecule has 7 heteroatoms. The second kappa shape index (κ2) is 3.48. The molecule has 0 aliphatic heterocycles. The van der Waals surface area contributed by atoms with Crippen LogP contribution in [0.15, 0.2) is 0 Å². The molecule has 7 nitrogen and oxygen atoms in total. The van der Waals surface area contributed by atoms with Gasteiger partial charge in [0.05, 0.1) is 0 Å². The SMILES string of the molecule is N[C@H](C(=O)O)C(O)(O)CC(=O)O. The highest BCUT2D eigenvalue weighted by molar-refractivity contribution is 5.76.